The average molecular weight is 247 g/mol. The van der Waals surface area contributed by atoms with Crippen LogP contribution in [0, 0.1) is 6.07 Å². The second-order valence-corrected chi connectivity index (χ2v) is 5.60. The maximum atomic E-state index is 11.9. The molecule has 0 unspecified atom stereocenters. The Labute approximate surface area is 108 Å². The summed E-state index contributed by atoms with van der Waals surface area (Å²) in [6.45, 7) is 7.07. The zero-order valence-corrected chi connectivity index (χ0v) is 11.1. The van der Waals surface area contributed by atoms with Gasteiger partial charge in [-0.15, -0.1) is 0 Å². The molecular formula is C14H19N2O2. The Hall–Kier alpha value is -1.58. The van der Waals surface area contributed by atoms with E-state index in [1.807, 2.05) is 32.9 Å². The van der Waals surface area contributed by atoms with Crippen molar-refractivity contribution in [3.63, 3.8) is 0 Å². The normalized spacial score (nSPS) is 19.9. The number of nitrogens with zero attached hydrogens (tertiary/aromatic N) is 2. The summed E-state index contributed by atoms with van der Waals surface area (Å²) in [4.78, 5) is 18.0. The first-order valence-electron chi connectivity index (χ1n) is 6.25. The van der Waals surface area contributed by atoms with E-state index in [9.17, 15) is 4.79 Å². The second-order valence-electron chi connectivity index (χ2n) is 5.60. The fourth-order valence-electron chi connectivity index (χ4n) is 2.07. The van der Waals surface area contributed by atoms with Crippen molar-refractivity contribution in [1.29, 1.82) is 0 Å². The van der Waals surface area contributed by atoms with Crippen LogP contribution in [0.4, 0.5) is 4.79 Å². The topological polar surface area (TPSA) is 42.4 Å². The third-order valence-electron chi connectivity index (χ3n) is 2.90. The van der Waals surface area contributed by atoms with Gasteiger partial charge >= 0.3 is 6.09 Å². The van der Waals surface area contributed by atoms with Crippen LogP contribution in [0.25, 0.3) is 0 Å². The van der Waals surface area contributed by atoms with Gasteiger partial charge in [0.1, 0.15) is 5.60 Å². The minimum atomic E-state index is -0.435. The van der Waals surface area contributed by atoms with E-state index in [1.165, 1.54) is 0 Å². The summed E-state index contributed by atoms with van der Waals surface area (Å²) in [5.74, 6) is 0.312. The third-order valence-corrected chi connectivity index (χ3v) is 2.90. The fourth-order valence-corrected chi connectivity index (χ4v) is 2.07. The number of ether oxygens (including phenoxy) is 1. The summed E-state index contributed by atoms with van der Waals surface area (Å²) in [6, 6.07) is 6.73. The summed E-state index contributed by atoms with van der Waals surface area (Å²) in [7, 11) is 0. The van der Waals surface area contributed by atoms with Crippen molar-refractivity contribution < 1.29 is 9.53 Å². The van der Waals surface area contributed by atoms with Crippen LogP contribution in [-0.4, -0.2) is 34.7 Å². The van der Waals surface area contributed by atoms with Gasteiger partial charge in [0, 0.05) is 37.0 Å². The van der Waals surface area contributed by atoms with Gasteiger partial charge in [-0.25, -0.2) is 4.79 Å². The molecule has 0 N–H and O–H groups in total. The molecule has 1 radical (unpaired) electrons. The van der Waals surface area contributed by atoms with Crippen LogP contribution in [0.2, 0.25) is 0 Å². The van der Waals surface area contributed by atoms with Gasteiger partial charge in [-0.05, 0) is 33.3 Å². The average Bonchev–Trinajstić information content (AvgIpc) is 2.77. The van der Waals surface area contributed by atoms with Crippen molar-refractivity contribution in [1.82, 2.24) is 9.88 Å². The Morgan fingerprint density at radius 2 is 2.33 bits per heavy atom. The number of carbonyl (C=O) groups is 1. The molecule has 18 heavy (non-hydrogen) atoms. The van der Waals surface area contributed by atoms with E-state index in [0.29, 0.717) is 12.5 Å². The predicted octanol–water partition coefficient (Wildman–Crippen LogP) is 2.61. The maximum absolute atomic E-state index is 11.9. The van der Waals surface area contributed by atoms with Crippen LogP contribution in [0.1, 0.15) is 38.8 Å². The Bertz CT molecular complexity index is 412. The Kier molecular flexibility index (Phi) is 3.55. The Balaban J connectivity index is 1.95. The lowest BCUT2D eigenvalue weighted by atomic mass is 10.0. The largest absolute Gasteiger partial charge is 0.444 e. The lowest BCUT2D eigenvalue weighted by Crippen LogP contribution is -2.35. The highest BCUT2D eigenvalue weighted by molar-refractivity contribution is 5.68. The predicted molar refractivity (Wildman–Crippen MR) is 68.2 cm³/mol. The van der Waals surface area contributed by atoms with Crippen molar-refractivity contribution in [3.8, 4) is 0 Å². The van der Waals surface area contributed by atoms with Crippen LogP contribution in [-0.2, 0) is 4.74 Å². The van der Waals surface area contributed by atoms with E-state index in [0.717, 1.165) is 18.7 Å². The molecule has 2 heterocycles. The number of carbonyl (C=O) groups excluding carboxylic acids is 1. The third kappa shape index (κ3) is 3.22. The minimum absolute atomic E-state index is 0.229. The Morgan fingerprint density at radius 3 is 2.94 bits per heavy atom. The first kappa shape index (κ1) is 12.9. The molecule has 0 bridgehead atoms. The molecule has 1 aliphatic rings. The maximum Gasteiger partial charge on any atom is 0.410 e. The van der Waals surface area contributed by atoms with Crippen LogP contribution in [0.5, 0.6) is 0 Å². The van der Waals surface area contributed by atoms with Gasteiger partial charge < -0.3 is 9.64 Å². The monoisotopic (exact) mass is 247 g/mol. The molecule has 4 heteroatoms. The van der Waals surface area contributed by atoms with Gasteiger partial charge in [0.05, 0.1) is 0 Å². The molecule has 1 saturated heterocycles. The summed E-state index contributed by atoms with van der Waals surface area (Å²) >= 11 is 0. The van der Waals surface area contributed by atoms with E-state index < -0.39 is 5.60 Å². The van der Waals surface area contributed by atoms with E-state index in [2.05, 4.69) is 11.1 Å². The van der Waals surface area contributed by atoms with Crippen molar-refractivity contribution in [3.05, 3.63) is 30.1 Å². The summed E-state index contributed by atoms with van der Waals surface area (Å²) < 4.78 is 5.37. The van der Waals surface area contributed by atoms with Crippen molar-refractivity contribution in [2.75, 3.05) is 13.1 Å². The Morgan fingerprint density at radius 1 is 1.56 bits per heavy atom. The molecule has 1 atom stereocenters. The van der Waals surface area contributed by atoms with E-state index in [-0.39, 0.29) is 6.09 Å². The molecule has 1 aromatic rings. The smallest absolute Gasteiger partial charge is 0.410 e. The highest BCUT2D eigenvalue weighted by Gasteiger charge is 2.30. The van der Waals surface area contributed by atoms with Gasteiger partial charge in [-0.1, -0.05) is 6.07 Å². The molecule has 1 aromatic heterocycles. The molecule has 1 amide bonds. The zero-order chi connectivity index (χ0) is 13.2. The van der Waals surface area contributed by atoms with Crippen molar-refractivity contribution >= 4 is 6.09 Å². The first-order valence-corrected chi connectivity index (χ1v) is 6.25. The molecule has 0 spiro atoms. The van der Waals surface area contributed by atoms with Crippen LogP contribution in [0.15, 0.2) is 18.3 Å². The summed E-state index contributed by atoms with van der Waals surface area (Å²) in [6.07, 6.45) is 2.38. The summed E-state index contributed by atoms with van der Waals surface area (Å²) in [5, 5.41) is 0. The second kappa shape index (κ2) is 4.96. The lowest BCUT2D eigenvalue weighted by molar-refractivity contribution is 0.0292. The first-order chi connectivity index (χ1) is 8.46. The molecule has 4 nitrogen and oxygen atoms in total. The molecule has 97 valence electrons. The molecular weight excluding hydrogens is 228 g/mol. The molecule has 2 rings (SSSR count). The number of amides is 1. The van der Waals surface area contributed by atoms with Crippen molar-refractivity contribution in [2.45, 2.75) is 38.7 Å². The molecule has 0 aliphatic carbocycles. The summed E-state index contributed by atoms with van der Waals surface area (Å²) in [5.41, 5.74) is 0.592. The minimum Gasteiger partial charge on any atom is -0.444 e. The van der Waals surface area contributed by atoms with E-state index in [1.54, 1.807) is 11.1 Å². The number of rotatable bonds is 1. The molecule has 1 aliphatic heterocycles. The molecule has 0 saturated carbocycles. The van der Waals surface area contributed by atoms with Crippen LogP contribution >= 0.6 is 0 Å². The number of likely N-dealkylation sites (tertiary alicyclic amines) is 1. The number of hydrogen-bond donors (Lipinski definition) is 0. The van der Waals surface area contributed by atoms with Gasteiger partial charge in [0.2, 0.25) is 0 Å². The van der Waals surface area contributed by atoms with Crippen LogP contribution < -0.4 is 0 Å². The van der Waals surface area contributed by atoms with Crippen molar-refractivity contribution in [2.24, 2.45) is 0 Å². The number of hydrogen-bond acceptors (Lipinski definition) is 3. The van der Waals surface area contributed by atoms with Gasteiger partial charge in [0.15, 0.2) is 0 Å². The zero-order valence-electron chi connectivity index (χ0n) is 11.1. The lowest BCUT2D eigenvalue weighted by Gasteiger charge is -2.24. The standard InChI is InChI=1S/C14H19N2O2/c1-14(2,3)18-13(17)16-9-7-11(10-16)12-6-4-5-8-15-12/h4,6,8,11H,7,9-10H2,1-3H3/t11-/m0/s1. The van der Waals surface area contributed by atoms with Gasteiger partial charge in [0.25, 0.3) is 0 Å². The molecule has 1 fully saturated rings. The van der Waals surface area contributed by atoms with Gasteiger partial charge in [-0.3, -0.25) is 4.98 Å². The number of pyridine rings is 1. The highest BCUT2D eigenvalue weighted by Crippen LogP contribution is 2.26. The van der Waals surface area contributed by atoms with E-state index >= 15 is 0 Å². The van der Waals surface area contributed by atoms with E-state index in [4.69, 9.17) is 4.74 Å². The fraction of sp³-hybridized carbons (Fsp3) is 0.571. The highest BCUT2D eigenvalue weighted by atomic mass is 16.6. The van der Waals surface area contributed by atoms with Gasteiger partial charge in [-0.2, -0.15) is 0 Å². The quantitative estimate of drug-likeness (QED) is 0.766. The molecule has 0 aromatic carbocycles. The SMILES string of the molecule is CC(C)(C)OC(=O)N1CC[C@H](c2cc[c]cn2)C1. The number of aromatic nitrogens is 1. The van der Waals surface area contributed by atoms with Crippen LogP contribution in [0.3, 0.4) is 0 Å².